The molecule has 1 atom stereocenters. The maximum Gasteiger partial charge on any atom is 0.301 e. The van der Waals surface area contributed by atoms with Crippen molar-refractivity contribution in [2.75, 3.05) is 12.0 Å². The molecule has 1 unspecified atom stereocenters. The summed E-state index contributed by atoms with van der Waals surface area (Å²) in [7, 11) is 1.42. The van der Waals surface area contributed by atoms with Gasteiger partial charge in [-0.2, -0.15) is 0 Å². The van der Waals surface area contributed by atoms with Crippen LogP contribution in [0.4, 0.5) is 5.13 Å². The van der Waals surface area contributed by atoms with Crippen molar-refractivity contribution >= 4 is 44.1 Å². The van der Waals surface area contributed by atoms with Gasteiger partial charge in [0, 0.05) is 5.56 Å². The molecule has 8 heteroatoms. The summed E-state index contributed by atoms with van der Waals surface area (Å²) in [6.07, 6.45) is 0. The number of hydrogen-bond acceptors (Lipinski definition) is 7. The second-order valence-electron chi connectivity index (χ2n) is 9.34. The van der Waals surface area contributed by atoms with Crippen molar-refractivity contribution in [2.45, 2.75) is 33.7 Å². The minimum Gasteiger partial charge on any atom is -0.507 e. The van der Waals surface area contributed by atoms with E-state index in [2.05, 4.69) is 0 Å². The van der Waals surface area contributed by atoms with E-state index in [9.17, 15) is 19.8 Å². The van der Waals surface area contributed by atoms with Crippen LogP contribution in [-0.4, -0.2) is 34.0 Å². The number of phenols is 1. The molecule has 0 radical (unpaired) electrons. The SMILES string of the molecule is COc1cc(C2/C(=C(\O)c3cc(C)ccc3C)C(=O)C(=O)N2c2nc3c(C)cc(C)cc3s2)ccc1O. The molecule has 0 spiro atoms. The fourth-order valence-electron chi connectivity index (χ4n) is 4.81. The Hall–Kier alpha value is -4.17. The maximum atomic E-state index is 13.6. The molecule has 1 fully saturated rings. The Bertz CT molecular complexity index is 1640. The number of aliphatic hydroxyl groups excluding tert-OH is 1. The highest BCUT2D eigenvalue weighted by Gasteiger charge is 2.48. The Morgan fingerprint density at radius 2 is 1.73 bits per heavy atom. The van der Waals surface area contributed by atoms with Gasteiger partial charge >= 0.3 is 5.91 Å². The highest BCUT2D eigenvalue weighted by atomic mass is 32.1. The van der Waals surface area contributed by atoms with Crippen LogP contribution in [0.2, 0.25) is 0 Å². The number of carbonyl (C=O) groups is 2. The molecule has 2 heterocycles. The number of Topliss-reactive ketones (excluding diaryl/α,β-unsaturated/α-hetero) is 1. The number of carbonyl (C=O) groups excluding carboxylic acids is 2. The van der Waals surface area contributed by atoms with Gasteiger partial charge in [-0.3, -0.25) is 14.5 Å². The fourth-order valence-corrected chi connectivity index (χ4v) is 5.98. The highest BCUT2D eigenvalue weighted by Crippen LogP contribution is 2.46. The summed E-state index contributed by atoms with van der Waals surface area (Å²) in [5.41, 5.74) is 5.38. The fraction of sp³-hybridized carbons (Fsp3) is 0.207. The third-order valence-electron chi connectivity index (χ3n) is 6.64. The molecule has 0 saturated carbocycles. The van der Waals surface area contributed by atoms with Gasteiger partial charge in [-0.15, -0.1) is 0 Å². The quantitative estimate of drug-likeness (QED) is 0.201. The lowest BCUT2D eigenvalue weighted by atomic mass is 9.93. The number of aromatic hydroxyl groups is 1. The van der Waals surface area contributed by atoms with Crippen LogP contribution in [-0.2, 0) is 9.59 Å². The van der Waals surface area contributed by atoms with Crippen molar-refractivity contribution in [1.29, 1.82) is 0 Å². The highest BCUT2D eigenvalue weighted by molar-refractivity contribution is 7.22. The number of rotatable bonds is 4. The number of amides is 1. The van der Waals surface area contributed by atoms with Crippen LogP contribution in [0, 0.1) is 27.7 Å². The summed E-state index contributed by atoms with van der Waals surface area (Å²) < 4.78 is 6.20. The van der Waals surface area contributed by atoms with Gasteiger partial charge in [0.15, 0.2) is 16.6 Å². The van der Waals surface area contributed by atoms with E-state index in [-0.39, 0.29) is 22.8 Å². The minimum absolute atomic E-state index is 0.0430. The van der Waals surface area contributed by atoms with Crippen molar-refractivity contribution < 1.29 is 24.5 Å². The molecule has 3 aromatic carbocycles. The molecule has 5 rings (SSSR count). The molecule has 1 aromatic heterocycles. The van der Waals surface area contributed by atoms with E-state index in [4.69, 9.17) is 9.72 Å². The van der Waals surface area contributed by atoms with Gasteiger partial charge in [-0.25, -0.2) is 4.98 Å². The van der Waals surface area contributed by atoms with Crippen molar-refractivity contribution in [2.24, 2.45) is 0 Å². The van der Waals surface area contributed by atoms with Crippen LogP contribution < -0.4 is 9.64 Å². The first-order chi connectivity index (χ1) is 17.6. The standard InChI is InChI=1S/C29H26N2O5S/c1-14-6-7-16(3)19(11-14)26(33)23-25(18-8-9-20(32)21(13-18)36-5)31(28(35)27(23)34)29-30-24-17(4)10-15(2)12-22(24)37-29/h6-13,25,32-33H,1-5H3/b26-23+. The first-order valence-electron chi connectivity index (χ1n) is 11.7. The number of phenolic OH excluding ortho intramolecular Hbond substituents is 1. The Balaban J connectivity index is 1.79. The molecular weight excluding hydrogens is 488 g/mol. The lowest BCUT2D eigenvalue weighted by molar-refractivity contribution is -0.132. The molecule has 1 saturated heterocycles. The summed E-state index contributed by atoms with van der Waals surface area (Å²) in [5, 5.41) is 22.0. The average molecular weight is 515 g/mol. The van der Waals surface area contributed by atoms with Gasteiger partial charge in [0.25, 0.3) is 5.78 Å². The second kappa shape index (κ2) is 9.05. The van der Waals surface area contributed by atoms with Crippen LogP contribution in [0.1, 0.15) is 39.4 Å². The lowest BCUT2D eigenvalue weighted by Gasteiger charge is -2.23. The number of aromatic nitrogens is 1. The van der Waals surface area contributed by atoms with Crippen LogP contribution in [0.15, 0.2) is 54.1 Å². The molecular formula is C29H26N2O5S. The number of ketones is 1. The van der Waals surface area contributed by atoms with E-state index in [1.54, 1.807) is 18.2 Å². The summed E-state index contributed by atoms with van der Waals surface area (Å²) in [5.74, 6) is -1.73. The number of anilines is 1. The number of aryl methyl sites for hydroxylation is 4. The number of aliphatic hydroxyl groups is 1. The maximum absolute atomic E-state index is 13.6. The molecule has 0 aliphatic carbocycles. The Morgan fingerprint density at radius 3 is 2.46 bits per heavy atom. The van der Waals surface area contributed by atoms with Crippen LogP contribution in [0.5, 0.6) is 11.5 Å². The van der Waals surface area contributed by atoms with Gasteiger partial charge in [0.1, 0.15) is 5.76 Å². The monoisotopic (exact) mass is 514 g/mol. The third kappa shape index (κ3) is 4.03. The van der Waals surface area contributed by atoms with E-state index in [0.29, 0.717) is 16.3 Å². The first-order valence-corrected chi connectivity index (χ1v) is 12.6. The predicted molar refractivity (Wildman–Crippen MR) is 144 cm³/mol. The predicted octanol–water partition coefficient (Wildman–Crippen LogP) is 5.87. The molecule has 1 amide bonds. The molecule has 37 heavy (non-hydrogen) atoms. The van der Waals surface area contributed by atoms with E-state index < -0.39 is 17.7 Å². The van der Waals surface area contributed by atoms with E-state index in [1.165, 1.54) is 29.4 Å². The van der Waals surface area contributed by atoms with E-state index in [0.717, 1.165) is 32.5 Å². The Labute approximate surface area is 218 Å². The van der Waals surface area contributed by atoms with Crippen LogP contribution >= 0.6 is 11.3 Å². The summed E-state index contributed by atoms with van der Waals surface area (Å²) in [4.78, 5) is 33.2. The zero-order valence-electron chi connectivity index (χ0n) is 21.1. The van der Waals surface area contributed by atoms with Crippen molar-refractivity contribution in [3.05, 3.63) is 87.5 Å². The summed E-state index contributed by atoms with van der Waals surface area (Å²) >= 11 is 1.31. The number of hydrogen-bond donors (Lipinski definition) is 2. The summed E-state index contributed by atoms with van der Waals surface area (Å²) in [6.45, 7) is 7.67. The van der Waals surface area contributed by atoms with Crippen molar-refractivity contribution in [3.63, 3.8) is 0 Å². The second-order valence-corrected chi connectivity index (χ2v) is 10.4. The van der Waals surface area contributed by atoms with E-state index in [1.807, 2.05) is 52.0 Å². The molecule has 188 valence electrons. The lowest BCUT2D eigenvalue weighted by Crippen LogP contribution is -2.29. The largest absolute Gasteiger partial charge is 0.507 e. The molecule has 7 nitrogen and oxygen atoms in total. The number of fused-ring (bicyclic) bond motifs is 1. The molecule has 0 bridgehead atoms. The molecule has 2 N–H and O–H groups in total. The van der Waals surface area contributed by atoms with Crippen LogP contribution in [0.3, 0.4) is 0 Å². The molecule has 1 aliphatic heterocycles. The van der Waals surface area contributed by atoms with Gasteiger partial charge in [-0.05, 0) is 74.2 Å². The van der Waals surface area contributed by atoms with Crippen LogP contribution in [0.25, 0.3) is 16.0 Å². The number of nitrogens with zero attached hydrogens (tertiary/aromatic N) is 2. The van der Waals surface area contributed by atoms with Gasteiger partial charge in [0.05, 0.1) is 28.9 Å². The normalized spacial score (nSPS) is 17.1. The van der Waals surface area contributed by atoms with Crippen molar-refractivity contribution in [3.8, 4) is 11.5 Å². The topological polar surface area (TPSA) is 100.0 Å². The average Bonchev–Trinajstić information content (AvgIpc) is 3.39. The molecule has 4 aromatic rings. The van der Waals surface area contributed by atoms with Gasteiger partial charge < -0.3 is 14.9 Å². The first kappa shape index (κ1) is 24.5. The molecule has 1 aliphatic rings. The zero-order valence-corrected chi connectivity index (χ0v) is 21.9. The van der Waals surface area contributed by atoms with E-state index >= 15 is 0 Å². The number of ether oxygens (including phenoxy) is 1. The minimum atomic E-state index is -0.976. The number of benzene rings is 3. The van der Waals surface area contributed by atoms with Gasteiger partial charge in [-0.1, -0.05) is 41.2 Å². The number of methoxy groups -OCH3 is 1. The zero-order chi connectivity index (χ0) is 26.6. The summed E-state index contributed by atoms with van der Waals surface area (Å²) in [6, 6.07) is 13.2. The third-order valence-corrected chi connectivity index (χ3v) is 7.64. The Morgan fingerprint density at radius 1 is 0.973 bits per heavy atom. The Kier molecular flexibility index (Phi) is 6.00. The van der Waals surface area contributed by atoms with Crippen molar-refractivity contribution in [1.82, 2.24) is 4.98 Å². The number of thiazole rings is 1. The smallest absolute Gasteiger partial charge is 0.301 e. The van der Waals surface area contributed by atoms with Gasteiger partial charge in [0.2, 0.25) is 0 Å².